The molecule has 0 bridgehead atoms. The van der Waals surface area contributed by atoms with Crippen molar-refractivity contribution in [2.45, 2.75) is 25.9 Å². The lowest BCUT2D eigenvalue weighted by atomic mass is 10.1. The molecule has 1 saturated carbocycles. The van der Waals surface area contributed by atoms with Crippen molar-refractivity contribution in [3.63, 3.8) is 0 Å². The number of aliphatic hydroxyl groups is 1. The van der Waals surface area contributed by atoms with Crippen LogP contribution in [0.3, 0.4) is 0 Å². The summed E-state index contributed by atoms with van der Waals surface area (Å²) in [6, 6.07) is 7.59. The van der Waals surface area contributed by atoms with Gasteiger partial charge in [0.25, 0.3) is 0 Å². The second-order valence-corrected chi connectivity index (χ2v) is 5.26. The first-order valence-corrected chi connectivity index (χ1v) is 6.73. The highest BCUT2D eigenvalue weighted by atomic mass is 16.5. The molecule has 0 amide bonds. The molecule has 1 aromatic rings. The van der Waals surface area contributed by atoms with Crippen LogP contribution in [0.1, 0.15) is 31.4 Å². The van der Waals surface area contributed by atoms with Gasteiger partial charge in [-0.05, 0) is 48.9 Å². The van der Waals surface area contributed by atoms with E-state index in [1.807, 2.05) is 24.3 Å². The number of benzene rings is 1. The maximum atomic E-state index is 10.0. The van der Waals surface area contributed by atoms with Gasteiger partial charge in [0.15, 0.2) is 0 Å². The Kier molecular flexibility index (Phi) is 4.61. The Bertz CT molecular complexity index is 359. The average molecular weight is 249 g/mol. The van der Waals surface area contributed by atoms with Crippen LogP contribution < -0.4 is 10.1 Å². The third kappa shape index (κ3) is 3.72. The minimum absolute atomic E-state index is 0.442. The lowest BCUT2D eigenvalue weighted by Crippen LogP contribution is -2.27. The molecule has 0 radical (unpaired) electrons. The fourth-order valence-corrected chi connectivity index (χ4v) is 2.22. The Hall–Kier alpha value is -1.06. The smallest absolute Gasteiger partial charge is 0.118 e. The van der Waals surface area contributed by atoms with Crippen molar-refractivity contribution in [3.05, 3.63) is 29.8 Å². The van der Waals surface area contributed by atoms with Crippen molar-refractivity contribution in [1.29, 1.82) is 0 Å². The van der Waals surface area contributed by atoms with Crippen LogP contribution >= 0.6 is 0 Å². The first-order chi connectivity index (χ1) is 8.70. The van der Waals surface area contributed by atoms with E-state index in [4.69, 9.17) is 4.74 Å². The van der Waals surface area contributed by atoms with Gasteiger partial charge in [0.05, 0.1) is 13.2 Å². The Morgan fingerprint density at radius 2 is 1.94 bits per heavy atom. The van der Waals surface area contributed by atoms with Crippen LogP contribution in [0.5, 0.6) is 5.75 Å². The Morgan fingerprint density at radius 3 is 2.50 bits per heavy atom. The van der Waals surface area contributed by atoms with Crippen LogP contribution in [0.15, 0.2) is 24.3 Å². The first-order valence-electron chi connectivity index (χ1n) is 6.73. The lowest BCUT2D eigenvalue weighted by Gasteiger charge is -2.15. The van der Waals surface area contributed by atoms with E-state index in [0.29, 0.717) is 6.54 Å². The molecule has 3 nitrogen and oxygen atoms in total. The molecule has 2 rings (SSSR count). The van der Waals surface area contributed by atoms with Gasteiger partial charge in [-0.15, -0.1) is 0 Å². The molecule has 100 valence electrons. The normalized spacial score (nSPS) is 18.4. The van der Waals surface area contributed by atoms with Gasteiger partial charge in [-0.25, -0.2) is 0 Å². The van der Waals surface area contributed by atoms with Crippen molar-refractivity contribution in [2.75, 3.05) is 20.2 Å². The average Bonchev–Trinajstić information content (AvgIpc) is 3.23. The van der Waals surface area contributed by atoms with Gasteiger partial charge in [-0.2, -0.15) is 0 Å². The van der Waals surface area contributed by atoms with E-state index < -0.39 is 6.10 Å². The SMILES string of the molecule is COc1ccc(C(O)CNCC(C)C2CC2)cc1. The monoisotopic (exact) mass is 249 g/mol. The van der Waals surface area contributed by atoms with E-state index in [1.54, 1.807) is 7.11 Å². The summed E-state index contributed by atoms with van der Waals surface area (Å²) >= 11 is 0. The molecule has 0 aromatic heterocycles. The van der Waals surface area contributed by atoms with Gasteiger partial charge >= 0.3 is 0 Å². The number of rotatable bonds is 7. The fourth-order valence-electron chi connectivity index (χ4n) is 2.22. The number of hydrogen-bond acceptors (Lipinski definition) is 3. The van der Waals surface area contributed by atoms with Crippen LogP contribution in [0.4, 0.5) is 0 Å². The summed E-state index contributed by atoms with van der Waals surface area (Å²) in [5, 5.41) is 13.4. The highest BCUT2D eigenvalue weighted by Crippen LogP contribution is 2.36. The van der Waals surface area contributed by atoms with Crippen LogP contribution in [0.2, 0.25) is 0 Å². The molecular weight excluding hydrogens is 226 g/mol. The van der Waals surface area contributed by atoms with Crippen molar-refractivity contribution in [3.8, 4) is 5.75 Å². The van der Waals surface area contributed by atoms with Crippen LogP contribution in [0.25, 0.3) is 0 Å². The molecule has 1 fully saturated rings. The molecule has 1 aliphatic carbocycles. The van der Waals surface area contributed by atoms with E-state index in [2.05, 4.69) is 12.2 Å². The first kappa shape index (κ1) is 13.4. The topological polar surface area (TPSA) is 41.5 Å². The zero-order chi connectivity index (χ0) is 13.0. The van der Waals surface area contributed by atoms with E-state index in [9.17, 15) is 5.11 Å². The maximum Gasteiger partial charge on any atom is 0.118 e. The van der Waals surface area contributed by atoms with Gasteiger partial charge in [0.2, 0.25) is 0 Å². The summed E-state index contributed by atoms with van der Waals surface area (Å²) < 4.78 is 5.10. The third-order valence-electron chi connectivity index (χ3n) is 3.73. The minimum atomic E-state index is -0.442. The summed E-state index contributed by atoms with van der Waals surface area (Å²) in [6.07, 6.45) is 2.32. The summed E-state index contributed by atoms with van der Waals surface area (Å²) in [5.41, 5.74) is 0.933. The number of nitrogens with one attached hydrogen (secondary N) is 1. The second-order valence-electron chi connectivity index (χ2n) is 5.26. The van der Waals surface area contributed by atoms with Gasteiger partial charge in [-0.3, -0.25) is 0 Å². The van der Waals surface area contributed by atoms with E-state index in [0.717, 1.165) is 29.7 Å². The Labute approximate surface area is 109 Å². The molecule has 18 heavy (non-hydrogen) atoms. The van der Waals surface area contributed by atoms with Gasteiger partial charge in [0.1, 0.15) is 5.75 Å². The van der Waals surface area contributed by atoms with E-state index in [1.165, 1.54) is 12.8 Å². The second kappa shape index (κ2) is 6.21. The molecule has 0 saturated heterocycles. The molecular formula is C15H23NO2. The number of hydrogen-bond donors (Lipinski definition) is 2. The minimum Gasteiger partial charge on any atom is -0.497 e. The fraction of sp³-hybridized carbons (Fsp3) is 0.600. The molecule has 2 unspecified atom stereocenters. The highest BCUT2D eigenvalue weighted by molar-refractivity contribution is 5.28. The molecule has 0 spiro atoms. The molecule has 1 aliphatic rings. The summed E-state index contributed by atoms with van der Waals surface area (Å²) in [7, 11) is 1.65. The molecule has 0 heterocycles. The third-order valence-corrected chi connectivity index (χ3v) is 3.73. The molecule has 2 atom stereocenters. The van der Waals surface area contributed by atoms with Gasteiger partial charge in [0, 0.05) is 6.54 Å². The molecule has 3 heteroatoms. The predicted octanol–water partition coefficient (Wildman–Crippen LogP) is 2.36. The van der Waals surface area contributed by atoms with Crippen molar-refractivity contribution < 1.29 is 9.84 Å². The van der Waals surface area contributed by atoms with Crippen molar-refractivity contribution in [1.82, 2.24) is 5.32 Å². The Balaban J connectivity index is 1.73. The predicted molar refractivity (Wildman–Crippen MR) is 72.7 cm³/mol. The van der Waals surface area contributed by atoms with Crippen molar-refractivity contribution in [2.24, 2.45) is 11.8 Å². The number of ether oxygens (including phenoxy) is 1. The Morgan fingerprint density at radius 1 is 1.28 bits per heavy atom. The maximum absolute atomic E-state index is 10.0. The number of methoxy groups -OCH3 is 1. The van der Waals surface area contributed by atoms with E-state index >= 15 is 0 Å². The summed E-state index contributed by atoms with van der Waals surface area (Å²) in [5.74, 6) is 2.46. The quantitative estimate of drug-likeness (QED) is 0.779. The molecule has 1 aromatic carbocycles. The van der Waals surface area contributed by atoms with E-state index in [-0.39, 0.29) is 0 Å². The number of aliphatic hydroxyl groups excluding tert-OH is 1. The summed E-state index contributed by atoms with van der Waals surface area (Å²) in [4.78, 5) is 0. The standard InChI is InChI=1S/C15H23NO2/c1-11(12-3-4-12)9-16-10-15(17)13-5-7-14(18-2)8-6-13/h5-8,11-12,15-17H,3-4,9-10H2,1-2H3. The molecule has 0 aliphatic heterocycles. The molecule has 2 N–H and O–H groups in total. The zero-order valence-corrected chi connectivity index (χ0v) is 11.2. The van der Waals surface area contributed by atoms with Gasteiger partial charge < -0.3 is 15.2 Å². The van der Waals surface area contributed by atoms with Crippen LogP contribution in [0, 0.1) is 11.8 Å². The van der Waals surface area contributed by atoms with Crippen LogP contribution in [-0.2, 0) is 0 Å². The largest absolute Gasteiger partial charge is 0.497 e. The van der Waals surface area contributed by atoms with Crippen LogP contribution in [-0.4, -0.2) is 25.3 Å². The zero-order valence-electron chi connectivity index (χ0n) is 11.2. The highest BCUT2D eigenvalue weighted by Gasteiger charge is 2.27. The lowest BCUT2D eigenvalue weighted by molar-refractivity contribution is 0.172. The summed E-state index contributed by atoms with van der Waals surface area (Å²) in [6.45, 7) is 3.89. The van der Waals surface area contributed by atoms with Gasteiger partial charge in [-0.1, -0.05) is 19.1 Å². The van der Waals surface area contributed by atoms with Crippen molar-refractivity contribution >= 4 is 0 Å².